The van der Waals surface area contributed by atoms with Crippen LogP contribution in [0.2, 0.25) is 0 Å². The van der Waals surface area contributed by atoms with Crippen LogP contribution in [0.25, 0.3) is 0 Å². The highest BCUT2D eigenvalue weighted by atomic mass is 32.2. The van der Waals surface area contributed by atoms with E-state index in [1.54, 1.807) is 38.7 Å². The molecular weight excluding hydrogens is 372 g/mol. The van der Waals surface area contributed by atoms with E-state index in [4.69, 9.17) is 0 Å². The van der Waals surface area contributed by atoms with Crippen molar-refractivity contribution < 1.29 is 18.3 Å². The molecule has 1 aromatic carbocycles. The van der Waals surface area contributed by atoms with Crippen LogP contribution < -0.4 is 0 Å². The van der Waals surface area contributed by atoms with Gasteiger partial charge in [0, 0.05) is 17.9 Å². The summed E-state index contributed by atoms with van der Waals surface area (Å²) in [5, 5.41) is 14.3. The summed E-state index contributed by atoms with van der Waals surface area (Å²) in [6.45, 7) is 5.49. The fourth-order valence-electron chi connectivity index (χ4n) is 3.55. The maximum absolute atomic E-state index is 13.1. The lowest BCUT2D eigenvalue weighted by molar-refractivity contribution is 0.103. The lowest BCUT2D eigenvalue weighted by Crippen LogP contribution is -2.21. The number of ketones is 1. The zero-order valence-electron chi connectivity index (χ0n) is 15.2. The number of aromatic hydroxyl groups is 1. The molecule has 6 nitrogen and oxygen atoms in total. The van der Waals surface area contributed by atoms with Gasteiger partial charge in [0.25, 0.3) is 0 Å². The number of hydrogen-bond acceptors (Lipinski definition) is 6. The van der Waals surface area contributed by atoms with Gasteiger partial charge in [0.1, 0.15) is 5.56 Å². The average Bonchev–Trinajstić information content (AvgIpc) is 2.82. The Morgan fingerprint density at radius 1 is 1.38 bits per heavy atom. The van der Waals surface area contributed by atoms with Gasteiger partial charge in [-0.25, -0.2) is 13.1 Å². The molecule has 0 spiro atoms. The van der Waals surface area contributed by atoms with Gasteiger partial charge in [-0.2, -0.15) is 16.9 Å². The Morgan fingerprint density at radius 3 is 2.65 bits per heavy atom. The number of nitrogens with zero attached hydrogens (tertiary/aromatic N) is 2. The quantitative estimate of drug-likeness (QED) is 0.802. The molecule has 1 aliphatic heterocycles. The molecule has 8 heteroatoms. The Kier molecular flexibility index (Phi) is 4.92. The number of aromatic nitrogens is 2. The van der Waals surface area contributed by atoms with Crippen molar-refractivity contribution in [2.45, 2.75) is 37.3 Å². The van der Waals surface area contributed by atoms with Crippen LogP contribution in [0.15, 0.2) is 17.0 Å². The fraction of sp³-hybridized carbons (Fsp3) is 0.444. The highest BCUT2D eigenvalue weighted by molar-refractivity contribution is 7.99. The molecule has 1 unspecified atom stereocenters. The zero-order valence-corrected chi connectivity index (χ0v) is 16.9. The van der Waals surface area contributed by atoms with E-state index in [-0.39, 0.29) is 28.2 Å². The molecule has 2 heterocycles. The lowest BCUT2D eigenvalue weighted by atomic mass is 9.93. The normalized spacial score (nSPS) is 18.5. The van der Waals surface area contributed by atoms with Crippen molar-refractivity contribution in [1.82, 2.24) is 9.78 Å². The zero-order chi connectivity index (χ0) is 19.2. The maximum atomic E-state index is 13.1. The van der Waals surface area contributed by atoms with Crippen LogP contribution in [0, 0.1) is 13.8 Å². The van der Waals surface area contributed by atoms with Crippen LogP contribution in [0.5, 0.6) is 5.88 Å². The van der Waals surface area contributed by atoms with Gasteiger partial charge >= 0.3 is 0 Å². The molecule has 140 valence electrons. The molecule has 1 aliphatic rings. The van der Waals surface area contributed by atoms with Gasteiger partial charge in [0.05, 0.1) is 16.3 Å². The molecule has 1 N–H and O–H groups in total. The second-order valence-corrected chi connectivity index (χ2v) is 10.00. The smallest absolute Gasteiger partial charge is 0.220 e. The summed E-state index contributed by atoms with van der Waals surface area (Å²) >= 11 is 1.69. The minimum absolute atomic E-state index is 0.0508. The van der Waals surface area contributed by atoms with E-state index in [2.05, 4.69) is 5.10 Å². The Balaban J connectivity index is 2.19. The molecule has 2 aromatic rings. The maximum Gasteiger partial charge on any atom is 0.220 e. The molecule has 1 atom stereocenters. The van der Waals surface area contributed by atoms with Crippen molar-refractivity contribution in [3.8, 4) is 5.88 Å². The average molecular weight is 395 g/mol. The summed E-state index contributed by atoms with van der Waals surface area (Å²) in [6, 6.07) is 3.09. The van der Waals surface area contributed by atoms with E-state index in [1.807, 2.05) is 6.92 Å². The van der Waals surface area contributed by atoms with Crippen molar-refractivity contribution in [1.29, 1.82) is 0 Å². The number of thioether (sulfide) groups is 1. The number of sulfone groups is 1. The predicted octanol–water partition coefficient (Wildman–Crippen LogP) is 2.95. The van der Waals surface area contributed by atoms with E-state index in [9.17, 15) is 18.3 Å². The Morgan fingerprint density at radius 2 is 2.08 bits per heavy atom. The second kappa shape index (κ2) is 6.74. The number of fused-ring (bicyclic) bond motifs is 1. The first-order valence-corrected chi connectivity index (χ1v) is 11.1. The van der Waals surface area contributed by atoms with E-state index in [1.165, 1.54) is 10.7 Å². The summed E-state index contributed by atoms with van der Waals surface area (Å²) < 4.78 is 26.2. The van der Waals surface area contributed by atoms with Crippen LogP contribution in [-0.2, 0) is 16.9 Å². The molecule has 0 saturated carbocycles. The highest BCUT2D eigenvalue weighted by Gasteiger charge is 2.34. The first-order valence-electron chi connectivity index (χ1n) is 8.44. The Hall–Kier alpha value is -1.80. The van der Waals surface area contributed by atoms with Gasteiger partial charge in [-0.3, -0.25) is 4.79 Å². The van der Waals surface area contributed by atoms with Crippen molar-refractivity contribution >= 4 is 27.4 Å². The molecule has 1 aromatic heterocycles. The topological polar surface area (TPSA) is 89.3 Å². The molecule has 0 saturated heterocycles. The van der Waals surface area contributed by atoms with Crippen LogP contribution >= 0.6 is 11.8 Å². The number of aryl methyl sites for hydroxylation is 2. The van der Waals surface area contributed by atoms with Crippen molar-refractivity contribution in [3.05, 3.63) is 40.1 Å². The van der Waals surface area contributed by atoms with E-state index >= 15 is 0 Å². The summed E-state index contributed by atoms with van der Waals surface area (Å²) in [5.74, 6) is 0.477. The van der Waals surface area contributed by atoms with Gasteiger partial charge in [0.2, 0.25) is 11.7 Å². The van der Waals surface area contributed by atoms with E-state index in [0.717, 1.165) is 11.3 Å². The first kappa shape index (κ1) is 19.0. The van der Waals surface area contributed by atoms with Gasteiger partial charge in [0.15, 0.2) is 9.84 Å². The molecule has 0 fully saturated rings. The predicted molar refractivity (Wildman–Crippen MR) is 102 cm³/mol. The van der Waals surface area contributed by atoms with Crippen LogP contribution in [-0.4, -0.2) is 40.6 Å². The summed E-state index contributed by atoms with van der Waals surface area (Å²) in [7, 11) is -1.76. The van der Waals surface area contributed by atoms with Crippen LogP contribution in [0.1, 0.15) is 51.3 Å². The third-order valence-electron chi connectivity index (χ3n) is 4.81. The second-order valence-electron chi connectivity index (χ2n) is 6.44. The summed E-state index contributed by atoms with van der Waals surface area (Å²) in [5.41, 5.74) is 2.42. The largest absolute Gasteiger partial charge is 0.493 e. The first-order chi connectivity index (χ1) is 12.2. The molecule has 0 radical (unpaired) electrons. The standard InChI is InChI=1S/C18H22N2O4S2/c1-5-25-13-8-9-26(23,24)14-7-6-12(10(2)15(13)14)17(21)16-11(3)19-20(4)18(16)22/h6-7,13,22H,5,8-9H2,1-4H3. The van der Waals surface area contributed by atoms with Gasteiger partial charge in [-0.05, 0) is 49.3 Å². The molecule has 0 aliphatic carbocycles. The number of rotatable bonds is 4. The third kappa shape index (κ3) is 2.95. The van der Waals surface area contributed by atoms with Crippen LogP contribution in [0.3, 0.4) is 0 Å². The van der Waals surface area contributed by atoms with Crippen molar-refractivity contribution in [2.24, 2.45) is 7.05 Å². The fourth-order valence-corrected chi connectivity index (χ4v) is 6.60. The highest BCUT2D eigenvalue weighted by Crippen LogP contribution is 2.43. The number of benzene rings is 1. The SMILES string of the molecule is CCSC1CCS(=O)(=O)c2ccc(C(=O)c3c(C)nn(C)c3O)c(C)c21. The van der Waals surface area contributed by atoms with Crippen LogP contribution in [0.4, 0.5) is 0 Å². The van der Waals surface area contributed by atoms with Crippen molar-refractivity contribution in [2.75, 3.05) is 11.5 Å². The molecule has 0 bridgehead atoms. The molecule has 26 heavy (non-hydrogen) atoms. The Labute approximate surface area is 157 Å². The van der Waals surface area contributed by atoms with Crippen molar-refractivity contribution in [3.63, 3.8) is 0 Å². The Bertz CT molecular complexity index is 993. The summed E-state index contributed by atoms with van der Waals surface area (Å²) in [6.07, 6.45) is 0.545. The number of carbonyl (C=O) groups excluding carboxylic acids is 1. The van der Waals surface area contributed by atoms with Gasteiger partial charge in [-0.15, -0.1) is 0 Å². The minimum atomic E-state index is -3.33. The van der Waals surface area contributed by atoms with Gasteiger partial charge < -0.3 is 5.11 Å². The number of carbonyl (C=O) groups is 1. The van der Waals surface area contributed by atoms with Gasteiger partial charge in [-0.1, -0.05) is 6.92 Å². The number of hydrogen-bond donors (Lipinski definition) is 1. The monoisotopic (exact) mass is 394 g/mol. The van der Waals surface area contributed by atoms with E-state index < -0.39 is 9.84 Å². The van der Waals surface area contributed by atoms with E-state index in [0.29, 0.717) is 28.1 Å². The lowest BCUT2D eigenvalue weighted by Gasteiger charge is -2.27. The molecule has 3 rings (SSSR count). The summed E-state index contributed by atoms with van der Waals surface area (Å²) in [4.78, 5) is 13.4. The minimum Gasteiger partial charge on any atom is -0.493 e. The molecule has 0 amide bonds. The molecular formula is C18H22N2O4S2. The third-order valence-corrected chi connectivity index (χ3v) is 7.82.